The van der Waals surface area contributed by atoms with Crippen LogP contribution >= 0.6 is 0 Å². The van der Waals surface area contributed by atoms with Gasteiger partial charge in [0.05, 0.1) is 13.2 Å². The smallest absolute Gasteiger partial charge is 0.119 e. The summed E-state index contributed by atoms with van der Waals surface area (Å²) in [5.74, 6) is 0.869. The fraction of sp³-hybridized carbons (Fsp3) is 0.625. The number of likely N-dealkylation sites (tertiary alicyclic amines) is 1. The van der Waals surface area contributed by atoms with E-state index in [4.69, 9.17) is 4.74 Å². The number of β-amino-alcohol motifs (C(OH)–C–C–N with tert-alkyl or cyclic N) is 1. The molecule has 1 unspecified atom stereocenters. The van der Waals surface area contributed by atoms with Crippen LogP contribution in [0, 0.1) is 0 Å². The van der Waals surface area contributed by atoms with E-state index in [0.29, 0.717) is 6.54 Å². The summed E-state index contributed by atoms with van der Waals surface area (Å²) in [4.78, 5) is 2.34. The van der Waals surface area contributed by atoms with Crippen LogP contribution in [0.2, 0.25) is 0 Å². The lowest BCUT2D eigenvalue weighted by molar-refractivity contribution is 0.121. The summed E-state index contributed by atoms with van der Waals surface area (Å²) in [5, 5.41) is 13.5. The van der Waals surface area contributed by atoms with Gasteiger partial charge in [0.15, 0.2) is 0 Å². The van der Waals surface area contributed by atoms with Crippen LogP contribution in [0.25, 0.3) is 0 Å². The molecule has 0 aliphatic carbocycles. The molecule has 2 atom stereocenters. The van der Waals surface area contributed by atoms with Crippen LogP contribution in [0.5, 0.6) is 5.75 Å². The highest BCUT2D eigenvalue weighted by atomic mass is 16.5. The van der Waals surface area contributed by atoms with Gasteiger partial charge < -0.3 is 20.1 Å². The van der Waals surface area contributed by atoms with Crippen molar-refractivity contribution in [2.24, 2.45) is 0 Å². The quantitative estimate of drug-likeness (QED) is 0.798. The molecule has 0 radical (unpaired) electrons. The second-order valence-corrected chi connectivity index (χ2v) is 5.57. The molecule has 1 heterocycles. The average Bonchev–Trinajstić information content (AvgIpc) is 2.97. The summed E-state index contributed by atoms with van der Waals surface area (Å²) in [6, 6.07) is 8.25. The number of aliphatic hydroxyl groups is 1. The predicted molar refractivity (Wildman–Crippen MR) is 81.1 cm³/mol. The maximum absolute atomic E-state index is 10.1. The molecular weight excluding hydrogens is 252 g/mol. The standard InChI is InChI=1S/C16H26N2O2/c1-13(14-6-5-7-16(10-14)20-2)17-11-15(19)12-18-8-3-4-9-18/h5-7,10,13,15,17,19H,3-4,8-9,11-12H2,1-2H3/t13-,15?/m0/s1. The van der Waals surface area contributed by atoms with E-state index in [-0.39, 0.29) is 12.1 Å². The number of nitrogens with zero attached hydrogens (tertiary/aromatic N) is 1. The number of rotatable bonds is 7. The minimum atomic E-state index is -0.304. The minimum absolute atomic E-state index is 0.207. The zero-order chi connectivity index (χ0) is 14.4. The monoisotopic (exact) mass is 278 g/mol. The van der Waals surface area contributed by atoms with E-state index in [0.717, 1.165) is 25.4 Å². The second-order valence-electron chi connectivity index (χ2n) is 5.57. The van der Waals surface area contributed by atoms with E-state index in [1.54, 1.807) is 7.11 Å². The van der Waals surface area contributed by atoms with Gasteiger partial charge in [0, 0.05) is 19.1 Å². The summed E-state index contributed by atoms with van der Waals surface area (Å²) in [5.41, 5.74) is 1.18. The average molecular weight is 278 g/mol. The van der Waals surface area contributed by atoms with E-state index in [2.05, 4.69) is 23.2 Å². The number of hydrogen-bond acceptors (Lipinski definition) is 4. The summed E-state index contributed by atoms with van der Waals surface area (Å²) in [6.45, 7) is 5.76. The molecule has 1 aliphatic heterocycles. The molecule has 1 aliphatic rings. The third kappa shape index (κ3) is 4.47. The van der Waals surface area contributed by atoms with Gasteiger partial charge >= 0.3 is 0 Å². The molecule has 0 saturated carbocycles. The van der Waals surface area contributed by atoms with Gasteiger partial charge in [0.25, 0.3) is 0 Å². The molecule has 0 bridgehead atoms. The molecule has 0 amide bonds. The zero-order valence-electron chi connectivity index (χ0n) is 12.5. The van der Waals surface area contributed by atoms with Crippen LogP contribution in [0.15, 0.2) is 24.3 Å². The lowest BCUT2D eigenvalue weighted by Gasteiger charge is -2.22. The number of ether oxygens (including phenoxy) is 1. The van der Waals surface area contributed by atoms with Crippen LogP contribution in [-0.4, -0.2) is 49.4 Å². The molecule has 1 aromatic rings. The van der Waals surface area contributed by atoms with Crippen molar-refractivity contribution >= 4 is 0 Å². The normalized spacial score (nSPS) is 18.9. The first-order valence-electron chi connectivity index (χ1n) is 7.47. The van der Waals surface area contributed by atoms with Gasteiger partial charge in [-0.05, 0) is 50.6 Å². The molecule has 1 aromatic carbocycles. The van der Waals surface area contributed by atoms with Gasteiger partial charge in [-0.2, -0.15) is 0 Å². The Labute approximate surface area is 121 Å². The van der Waals surface area contributed by atoms with Gasteiger partial charge in [-0.3, -0.25) is 0 Å². The first kappa shape index (κ1) is 15.3. The fourth-order valence-corrected chi connectivity index (χ4v) is 2.67. The van der Waals surface area contributed by atoms with Crippen molar-refractivity contribution in [1.29, 1.82) is 0 Å². The minimum Gasteiger partial charge on any atom is -0.497 e. The van der Waals surface area contributed by atoms with E-state index in [1.807, 2.05) is 18.2 Å². The highest BCUT2D eigenvalue weighted by molar-refractivity contribution is 5.30. The van der Waals surface area contributed by atoms with Crippen molar-refractivity contribution in [2.75, 3.05) is 33.3 Å². The molecule has 0 aromatic heterocycles. The SMILES string of the molecule is COc1cccc([C@H](C)NCC(O)CN2CCCC2)c1. The van der Waals surface area contributed by atoms with E-state index >= 15 is 0 Å². The third-order valence-corrected chi connectivity index (χ3v) is 3.92. The number of benzene rings is 1. The number of aliphatic hydroxyl groups excluding tert-OH is 1. The topological polar surface area (TPSA) is 44.7 Å². The number of hydrogen-bond donors (Lipinski definition) is 2. The molecule has 20 heavy (non-hydrogen) atoms. The first-order chi connectivity index (χ1) is 9.69. The third-order valence-electron chi connectivity index (χ3n) is 3.92. The summed E-state index contributed by atoms with van der Waals surface area (Å²) in [7, 11) is 1.68. The van der Waals surface area contributed by atoms with Gasteiger partial charge in [-0.15, -0.1) is 0 Å². The summed E-state index contributed by atoms with van der Waals surface area (Å²) in [6.07, 6.45) is 2.22. The Bertz CT molecular complexity index is 405. The van der Waals surface area contributed by atoms with Crippen molar-refractivity contribution < 1.29 is 9.84 Å². The maximum Gasteiger partial charge on any atom is 0.119 e. The van der Waals surface area contributed by atoms with Gasteiger partial charge in [0.2, 0.25) is 0 Å². The second kappa shape index (κ2) is 7.62. The zero-order valence-corrected chi connectivity index (χ0v) is 12.5. The Kier molecular flexibility index (Phi) is 5.83. The van der Waals surface area contributed by atoms with Crippen molar-refractivity contribution in [2.45, 2.75) is 31.9 Å². The Morgan fingerprint density at radius 3 is 2.80 bits per heavy atom. The van der Waals surface area contributed by atoms with Gasteiger partial charge in [0.1, 0.15) is 5.75 Å². The molecular formula is C16H26N2O2. The Balaban J connectivity index is 1.77. The van der Waals surface area contributed by atoms with Gasteiger partial charge in [-0.25, -0.2) is 0 Å². The lowest BCUT2D eigenvalue weighted by atomic mass is 10.1. The molecule has 2 rings (SSSR count). The van der Waals surface area contributed by atoms with Crippen LogP contribution in [0.1, 0.15) is 31.4 Å². The van der Waals surface area contributed by atoms with Crippen molar-refractivity contribution in [3.63, 3.8) is 0 Å². The maximum atomic E-state index is 10.1. The Morgan fingerprint density at radius 2 is 2.10 bits per heavy atom. The molecule has 0 spiro atoms. The van der Waals surface area contributed by atoms with Crippen molar-refractivity contribution in [3.8, 4) is 5.75 Å². The van der Waals surface area contributed by atoms with Crippen LogP contribution < -0.4 is 10.1 Å². The van der Waals surface area contributed by atoms with E-state index in [1.165, 1.54) is 18.4 Å². The highest BCUT2D eigenvalue weighted by Crippen LogP contribution is 2.18. The Hall–Kier alpha value is -1.10. The molecule has 2 N–H and O–H groups in total. The molecule has 4 heteroatoms. The highest BCUT2D eigenvalue weighted by Gasteiger charge is 2.16. The molecule has 1 fully saturated rings. The summed E-state index contributed by atoms with van der Waals surface area (Å²) < 4.78 is 5.24. The number of methoxy groups -OCH3 is 1. The molecule has 1 saturated heterocycles. The van der Waals surface area contributed by atoms with Crippen molar-refractivity contribution in [1.82, 2.24) is 10.2 Å². The molecule has 4 nitrogen and oxygen atoms in total. The molecule has 112 valence electrons. The van der Waals surface area contributed by atoms with Crippen molar-refractivity contribution in [3.05, 3.63) is 29.8 Å². The van der Waals surface area contributed by atoms with Gasteiger partial charge in [-0.1, -0.05) is 12.1 Å². The largest absolute Gasteiger partial charge is 0.497 e. The van der Waals surface area contributed by atoms with E-state index in [9.17, 15) is 5.11 Å². The van der Waals surface area contributed by atoms with Crippen LogP contribution in [-0.2, 0) is 0 Å². The lowest BCUT2D eigenvalue weighted by Crippen LogP contribution is -2.37. The fourth-order valence-electron chi connectivity index (χ4n) is 2.67. The predicted octanol–water partition coefficient (Wildman–Crippen LogP) is 1.80. The summed E-state index contributed by atoms with van der Waals surface area (Å²) >= 11 is 0. The van der Waals surface area contributed by atoms with E-state index < -0.39 is 0 Å². The van der Waals surface area contributed by atoms with Crippen LogP contribution in [0.4, 0.5) is 0 Å². The number of nitrogens with one attached hydrogen (secondary N) is 1. The first-order valence-corrected chi connectivity index (χ1v) is 7.47. The Morgan fingerprint density at radius 1 is 1.35 bits per heavy atom. The van der Waals surface area contributed by atoms with Crippen LogP contribution in [0.3, 0.4) is 0 Å².